The number of rotatable bonds is 6. The van der Waals surface area contributed by atoms with Crippen LogP contribution >= 0.6 is 11.3 Å². The predicted octanol–water partition coefficient (Wildman–Crippen LogP) is 2.60. The molecule has 0 unspecified atom stereocenters. The molecule has 0 N–H and O–H groups in total. The first-order chi connectivity index (χ1) is 10.9. The van der Waals surface area contributed by atoms with Gasteiger partial charge in [0.05, 0.1) is 17.3 Å². The Morgan fingerprint density at radius 1 is 1.43 bits per heavy atom. The van der Waals surface area contributed by atoms with Crippen LogP contribution < -0.4 is 10.5 Å². The highest BCUT2D eigenvalue weighted by Gasteiger charge is 2.19. The van der Waals surface area contributed by atoms with E-state index in [2.05, 4.69) is 16.9 Å². The summed E-state index contributed by atoms with van der Waals surface area (Å²) >= 11 is 1.44. The normalized spacial score (nSPS) is 11.2. The topological polar surface area (TPSA) is 64.4 Å². The molecule has 0 amide bonds. The van der Waals surface area contributed by atoms with Crippen molar-refractivity contribution < 1.29 is 9.53 Å². The summed E-state index contributed by atoms with van der Waals surface area (Å²) in [5.74, 6) is -0.292. The molecule has 0 saturated heterocycles. The van der Waals surface area contributed by atoms with Crippen LogP contribution in [0.1, 0.15) is 39.3 Å². The Balaban J connectivity index is 2.60. The molecule has 126 valence electrons. The van der Waals surface area contributed by atoms with Crippen molar-refractivity contribution in [3.8, 4) is 0 Å². The maximum absolute atomic E-state index is 12.7. The van der Waals surface area contributed by atoms with Crippen LogP contribution in [-0.4, -0.2) is 35.9 Å². The molecule has 0 spiro atoms. The lowest BCUT2D eigenvalue weighted by Crippen LogP contribution is -2.28. The third-order valence-electron chi connectivity index (χ3n) is 3.63. The van der Waals surface area contributed by atoms with Crippen molar-refractivity contribution in [1.82, 2.24) is 9.78 Å². The SMILES string of the molecule is CCOC(=O)Cn1nc(C(C)C)c2cc(N(C)CC)sc2c1=O. The maximum Gasteiger partial charge on any atom is 0.327 e. The van der Waals surface area contributed by atoms with E-state index in [1.54, 1.807) is 6.92 Å². The molecule has 7 heteroatoms. The Bertz CT molecular complexity index is 764. The molecule has 2 aromatic heterocycles. The molecule has 0 bridgehead atoms. The highest BCUT2D eigenvalue weighted by Crippen LogP contribution is 2.33. The van der Waals surface area contributed by atoms with Crippen LogP contribution in [0.15, 0.2) is 10.9 Å². The molecule has 0 aliphatic heterocycles. The Hall–Kier alpha value is -1.89. The zero-order chi connectivity index (χ0) is 17.1. The summed E-state index contributed by atoms with van der Waals surface area (Å²) in [6.07, 6.45) is 0. The third kappa shape index (κ3) is 3.55. The van der Waals surface area contributed by atoms with Gasteiger partial charge in [0.15, 0.2) is 0 Å². The number of hydrogen-bond donors (Lipinski definition) is 0. The number of nitrogens with zero attached hydrogens (tertiary/aromatic N) is 3. The van der Waals surface area contributed by atoms with Crippen molar-refractivity contribution in [3.05, 3.63) is 22.1 Å². The van der Waals surface area contributed by atoms with E-state index in [1.165, 1.54) is 16.0 Å². The van der Waals surface area contributed by atoms with Crippen molar-refractivity contribution in [3.63, 3.8) is 0 Å². The molecule has 0 fully saturated rings. The number of esters is 1. The molecule has 0 atom stereocenters. The van der Waals surface area contributed by atoms with Crippen LogP contribution in [0, 0.1) is 0 Å². The van der Waals surface area contributed by atoms with Gasteiger partial charge < -0.3 is 9.64 Å². The molecule has 6 nitrogen and oxygen atoms in total. The van der Waals surface area contributed by atoms with Gasteiger partial charge in [-0.2, -0.15) is 5.10 Å². The summed E-state index contributed by atoms with van der Waals surface area (Å²) in [6, 6.07) is 2.02. The molecular weight excluding hydrogens is 314 g/mol. The van der Waals surface area contributed by atoms with Crippen molar-refractivity contribution >= 4 is 32.4 Å². The van der Waals surface area contributed by atoms with Gasteiger partial charge in [0.25, 0.3) is 5.56 Å². The van der Waals surface area contributed by atoms with Crippen LogP contribution in [0.5, 0.6) is 0 Å². The molecule has 0 aromatic carbocycles. The van der Waals surface area contributed by atoms with E-state index >= 15 is 0 Å². The third-order valence-corrected chi connectivity index (χ3v) is 4.87. The Morgan fingerprint density at radius 3 is 2.70 bits per heavy atom. The Morgan fingerprint density at radius 2 is 2.13 bits per heavy atom. The summed E-state index contributed by atoms with van der Waals surface area (Å²) in [7, 11) is 1.99. The maximum atomic E-state index is 12.7. The van der Waals surface area contributed by atoms with Crippen LogP contribution in [0.25, 0.3) is 10.1 Å². The summed E-state index contributed by atoms with van der Waals surface area (Å²) in [5, 5.41) is 6.32. The van der Waals surface area contributed by atoms with Gasteiger partial charge in [-0.15, -0.1) is 11.3 Å². The van der Waals surface area contributed by atoms with Gasteiger partial charge in [-0.25, -0.2) is 4.68 Å². The Kier molecular flexibility index (Phi) is 5.41. The predicted molar refractivity (Wildman–Crippen MR) is 93.5 cm³/mol. The summed E-state index contributed by atoms with van der Waals surface area (Å²) < 4.78 is 6.80. The summed E-state index contributed by atoms with van der Waals surface area (Å²) in [5.41, 5.74) is 0.592. The number of anilines is 1. The van der Waals surface area contributed by atoms with E-state index in [1.807, 2.05) is 27.0 Å². The smallest absolute Gasteiger partial charge is 0.327 e. The van der Waals surface area contributed by atoms with Gasteiger partial charge in [0, 0.05) is 19.0 Å². The van der Waals surface area contributed by atoms with Crippen LogP contribution in [-0.2, 0) is 16.1 Å². The quantitative estimate of drug-likeness (QED) is 0.758. The van der Waals surface area contributed by atoms with Gasteiger partial charge in [0.1, 0.15) is 11.2 Å². The summed E-state index contributed by atoms with van der Waals surface area (Å²) in [6.45, 7) is 8.85. The molecular formula is C16H23N3O3S. The minimum atomic E-state index is -0.446. The number of carbonyl (C=O) groups is 1. The van der Waals surface area contributed by atoms with Crippen LogP contribution in [0.3, 0.4) is 0 Å². The van der Waals surface area contributed by atoms with Gasteiger partial charge in [-0.3, -0.25) is 9.59 Å². The second-order valence-electron chi connectivity index (χ2n) is 5.65. The zero-order valence-electron chi connectivity index (χ0n) is 14.3. The fraction of sp³-hybridized carbons (Fsp3) is 0.562. The second-order valence-corrected chi connectivity index (χ2v) is 6.68. The van der Waals surface area contributed by atoms with Crippen molar-refractivity contribution in [2.45, 2.75) is 40.2 Å². The number of fused-ring (bicyclic) bond motifs is 1. The monoisotopic (exact) mass is 337 g/mol. The van der Waals surface area contributed by atoms with E-state index in [9.17, 15) is 9.59 Å². The number of aromatic nitrogens is 2. The Labute approximate surface area is 139 Å². The largest absolute Gasteiger partial charge is 0.465 e. The minimum absolute atomic E-state index is 0.154. The molecule has 23 heavy (non-hydrogen) atoms. The highest BCUT2D eigenvalue weighted by atomic mass is 32.1. The van der Waals surface area contributed by atoms with E-state index < -0.39 is 5.97 Å². The first-order valence-electron chi connectivity index (χ1n) is 7.80. The minimum Gasteiger partial charge on any atom is -0.465 e. The highest BCUT2D eigenvalue weighted by molar-refractivity contribution is 7.22. The van der Waals surface area contributed by atoms with E-state index in [0.29, 0.717) is 4.70 Å². The van der Waals surface area contributed by atoms with Gasteiger partial charge >= 0.3 is 5.97 Å². The zero-order valence-corrected chi connectivity index (χ0v) is 15.1. The fourth-order valence-corrected chi connectivity index (χ4v) is 3.42. The average molecular weight is 337 g/mol. The lowest BCUT2D eigenvalue weighted by Gasteiger charge is -2.12. The molecule has 0 radical (unpaired) electrons. The molecule has 2 heterocycles. The number of hydrogen-bond acceptors (Lipinski definition) is 6. The lowest BCUT2D eigenvalue weighted by molar-refractivity contribution is -0.144. The first kappa shape index (κ1) is 17.5. The van der Waals surface area contributed by atoms with Crippen molar-refractivity contribution in [2.24, 2.45) is 0 Å². The summed E-state index contributed by atoms with van der Waals surface area (Å²) in [4.78, 5) is 26.5. The molecule has 2 aromatic rings. The van der Waals surface area contributed by atoms with Gasteiger partial charge in [0.2, 0.25) is 0 Å². The van der Waals surface area contributed by atoms with E-state index in [-0.39, 0.29) is 24.6 Å². The molecule has 2 rings (SSSR count). The number of carbonyl (C=O) groups excluding carboxylic acids is 1. The van der Waals surface area contributed by atoms with Crippen molar-refractivity contribution in [1.29, 1.82) is 0 Å². The van der Waals surface area contributed by atoms with Gasteiger partial charge in [-0.05, 0) is 25.8 Å². The second kappa shape index (κ2) is 7.12. The van der Waals surface area contributed by atoms with Crippen LogP contribution in [0.2, 0.25) is 0 Å². The van der Waals surface area contributed by atoms with E-state index in [0.717, 1.165) is 22.6 Å². The van der Waals surface area contributed by atoms with Crippen molar-refractivity contribution in [2.75, 3.05) is 25.1 Å². The molecule has 0 aliphatic carbocycles. The lowest BCUT2D eigenvalue weighted by atomic mass is 10.1. The molecule has 0 aliphatic rings. The van der Waals surface area contributed by atoms with Gasteiger partial charge in [-0.1, -0.05) is 13.8 Å². The van der Waals surface area contributed by atoms with E-state index in [4.69, 9.17) is 4.74 Å². The standard InChI is InChI=1S/C16H23N3O3S/c1-6-18(5)12-8-11-14(10(3)4)17-19(9-13(20)22-7-2)16(21)15(11)23-12/h8,10H,6-7,9H2,1-5H3. The van der Waals surface area contributed by atoms with Crippen LogP contribution in [0.4, 0.5) is 5.00 Å². The number of thiophene rings is 1. The first-order valence-corrected chi connectivity index (χ1v) is 8.61. The fourth-order valence-electron chi connectivity index (χ4n) is 2.28. The molecule has 0 saturated carbocycles. The number of ether oxygens (including phenoxy) is 1. The average Bonchev–Trinajstić information content (AvgIpc) is 2.94.